The van der Waals surface area contributed by atoms with Crippen LogP contribution in [-0.2, 0) is 10.2 Å². The maximum Gasteiger partial charge on any atom is 0.241 e. The maximum absolute atomic E-state index is 12.4. The molecule has 158 valence electrons. The third kappa shape index (κ3) is 3.13. The molecule has 5 heteroatoms. The minimum atomic E-state index is -0.600. The van der Waals surface area contributed by atoms with Gasteiger partial charge in [0, 0.05) is 11.1 Å². The zero-order valence-electron chi connectivity index (χ0n) is 18.2. The molecular weight excluding hydrogens is 376 g/mol. The first-order valence-electron chi connectivity index (χ1n) is 10.7. The predicted octanol–water partition coefficient (Wildman–Crippen LogP) is 4.51. The largest absolute Gasteiger partial charge is 0.490 e. The lowest BCUT2D eigenvalue weighted by Gasteiger charge is -2.40. The average molecular weight is 407 g/mol. The summed E-state index contributed by atoms with van der Waals surface area (Å²) in [5.41, 5.74) is 2.48. The number of anilines is 1. The molecule has 2 aliphatic heterocycles. The Morgan fingerprint density at radius 1 is 1.10 bits per heavy atom. The van der Waals surface area contributed by atoms with Gasteiger partial charge in [-0.3, -0.25) is 4.79 Å². The number of para-hydroxylation sites is 1. The molecule has 0 bridgehead atoms. The van der Waals surface area contributed by atoms with Gasteiger partial charge < -0.3 is 19.7 Å². The van der Waals surface area contributed by atoms with Gasteiger partial charge in [0.1, 0.15) is 5.66 Å². The van der Waals surface area contributed by atoms with E-state index in [0.29, 0.717) is 19.8 Å². The van der Waals surface area contributed by atoms with Crippen LogP contribution in [0.1, 0.15) is 45.2 Å². The van der Waals surface area contributed by atoms with Crippen molar-refractivity contribution in [2.24, 2.45) is 0 Å². The van der Waals surface area contributed by atoms with Gasteiger partial charge in [0.15, 0.2) is 11.5 Å². The van der Waals surface area contributed by atoms with Crippen LogP contribution in [0, 0.1) is 0 Å². The molecule has 1 N–H and O–H groups in total. The summed E-state index contributed by atoms with van der Waals surface area (Å²) in [6.07, 6.45) is 5.13. The molecule has 0 aromatic heterocycles. The summed E-state index contributed by atoms with van der Waals surface area (Å²) in [4.78, 5) is 14.6. The molecule has 0 radical (unpaired) electrons. The number of ether oxygens (including phenoxy) is 2. The third-order valence-corrected chi connectivity index (χ3v) is 6.12. The zero-order chi connectivity index (χ0) is 21.4. The van der Waals surface area contributed by atoms with Crippen molar-refractivity contribution in [1.82, 2.24) is 5.32 Å². The van der Waals surface area contributed by atoms with Crippen molar-refractivity contribution >= 4 is 17.7 Å². The summed E-state index contributed by atoms with van der Waals surface area (Å²) in [6, 6.07) is 14.3. The number of nitrogens with zero attached hydrogens (tertiary/aromatic N) is 1. The van der Waals surface area contributed by atoms with Crippen LogP contribution < -0.4 is 19.7 Å². The Kier molecular flexibility index (Phi) is 5.22. The quantitative estimate of drug-likeness (QED) is 0.735. The Bertz CT molecular complexity index is 982. The predicted molar refractivity (Wildman–Crippen MR) is 120 cm³/mol. The number of hydrogen-bond acceptors (Lipinski definition) is 4. The van der Waals surface area contributed by atoms with E-state index in [0.717, 1.165) is 29.2 Å². The Hall–Kier alpha value is -2.95. The van der Waals surface area contributed by atoms with Crippen LogP contribution in [0.4, 0.5) is 5.69 Å². The van der Waals surface area contributed by atoms with Gasteiger partial charge in [0.2, 0.25) is 5.91 Å². The minimum Gasteiger partial charge on any atom is -0.490 e. The van der Waals surface area contributed by atoms with E-state index in [1.807, 2.05) is 31.2 Å². The number of rotatable bonds is 7. The van der Waals surface area contributed by atoms with E-state index in [2.05, 4.69) is 61.3 Å². The number of amides is 1. The van der Waals surface area contributed by atoms with E-state index in [9.17, 15) is 4.79 Å². The highest BCUT2D eigenvalue weighted by atomic mass is 16.5. The summed E-state index contributed by atoms with van der Waals surface area (Å²) in [5.74, 6) is 1.55. The minimum absolute atomic E-state index is 0.0422. The SMILES string of the molecule is CCCOc1ccc(/C=C/C23NC(=O)CN2c2ccccc2C3(C)C)cc1OCC. The summed E-state index contributed by atoms with van der Waals surface area (Å²) < 4.78 is 11.6. The van der Waals surface area contributed by atoms with Gasteiger partial charge in [-0.25, -0.2) is 0 Å². The maximum atomic E-state index is 12.4. The van der Waals surface area contributed by atoms with Crippen molar-refractivity contribution < 1.29 is 14.3 Å². The highest BCUT2D eigenvalue weighted by Crippen LogP contribution is 2.52. The van der Waals surface area contributed by atoms with Crippen molar-refractivity contribution in [2.75, 3.05) is 24.7 Å². The van der Waals surface area contributed by atoms with Gasteiger partial charge >= 0.3 is 0 Å². The number of benzene rings is 2. The Balaban J connectivity index is 1.71. The third-order valence-electron chi connectivity index (χ3n) is 6.12. The molecule has 5 nitrogen and oxygen atoms in total. The van der Waals surface area contributed by atoms with Gasteiger partial charge in [-0.2, -0.15) is 0 Å². The van der Waals surface area contributed by atoms with Gasteiger partial charge in [-0.05, 0) is 48.7 Å². The molecule has 0 saturated carbocycles. The van der Waals surface area contributed by atoms with E-state index in [1.54, 1.807) is 0 Å². The van der Waals surface area contributed by atoms with Crippen LogP contribution in [0.15, 0.2) is 48.5 Å². The zero-order valence-corrected chi connectivity index (χ0v) is 18.2. The molecule has 1 amide bonds. The van der Waals surface area contributed by atoms with E-state index in [4.69, 9.17) is 9.47 Å². The number of carbonyl (C=O) groups excluding carboxylic acids is 1. The van der Waals surface area contributed by atoms with Gasteiger partial charge in [0.05, 0.1) is 19.8 Å². The van der Waals surface area contributed by atoms with Crippen LogP contribution in [0.2, 0.25) is 0 Å². The second kappa shape index (κ2) is 7.71. The van der Waals surface area contributed by atoms with Crippen LogP contribution >= 0.6 is 0 Å². The molecule has 2 aromatic rings. The van der Waals surface area contributed by atoms with Crippen molar-refractivity contribution in [3.63, 3.8) is 0 Å². The first kappa shape index (κ1) is 20.3. The van der Waals surface area contributed by atoms with E-state index in [1.165, 1.54) is 5.56 Å². The van der Waals surface area contributed by atoms with Crippen LogP contribution in [0.3, 0.4) is 0 Å². The van der Waals surface area contributed by atoms with Crippen molar-refractivity contribution in [2.45, 2.75) is 45.2 Å². The summed E-state index contributed by atoms with van der Waals surface area (Å²) >= 11 is 0. The molecule has 1 unspecified atom stereocenters. The highest BCUT2D eigenvalue weighted by Gasteiger charge is 2.59. The highest BCUT2D eigenvalue weighted by molar-refractivity contribution is 5.91. The Labute approximate surface area is 178 Å². The lowest BCUT2D eigenvalue weighted by Crippen LogP contribution is -2.58. The van der Waals surface area contributed by atoms with Crippen molar-refractivity contribution in [3.8, 4) is 11.5 Å². The average Bonchev–Trinajstić information content (AvgIpc) is 3.17. The second-order valence-corrected chi connectivity index (χ2v) is 8.36. The van der Waals surface area contributed by atoms with E-state index < -0.39 is 5.66 Å². The molecule has 1 atom stereocenters. The fraction of sp³-hybridized carbons (Fsp3) is 0.400. The summed E-state index contributed by atoms with van der Waals surface area (Å²) in [7, 11) is 0. The first-order chi connectivity index (χ1) is 14.4. The first-order valence-corrected chi connectivity index (χ1v) is 10.7. The van der Waals surface area contributed by atoms with Gasteiger partial charge in [-0.15, -0.1) is 0 Å². The molecule has 1 saturated heterocycles. The van der Waals surface area contributed by atoms with Crippen LogP contribution in [0.5, 0.6) is 11.5 Å². The second-order valence-electron chi connectivity index (χ2n) is 8.36. The number of hydrogen-bond donors (Lipinski definition) is 1. The molecule has 0 aliphatic carbocycles. The number of fused-ring (bicyclic) bond motifs is 3. The number of carbonyl (C=O) groups is 1. The standard InChI is InChI=1S/C25H30N2O3/c1-5-15-30-21-12-11-18(16-22(21)29-6-2)13-14-25-24(3,4)19-9-7-8-10-20(19)27(25)17-23(28)26-25/h7-14,16H,5-6,15,17H2,1-4H3,(H,26,28)/b14-13+. The van der Waals surface area contributed by atoms with Gasteiger partial charge in [-0.1, -0.05) is 51.1 Å². The molecule has 30 heavy (non-hydrogen) atoms. The lowest BCUT2D eigenvalue weighted by atomic mass is 9.75. The van der Waals surface area contributed by atoms with Gasteiger partial charge in [0.25, 0.3) is 0 Å². The molecular formula is C25H30N2O3. The fourth-order valence-electron chi connectivity index (χ4n) is 4.58. The molecule has 1 fully saturated rings. The van der Waals surface area contributed by atoms with E-state index in [-0.39, 0.29) is 11.3 Å². The summed E-state index contributed by atoms with van der Waals surface area (Å²) in [6.45, 7) is 10.0. The molecule has 4 rings (SSSR count). The Morgan fingerprint density at radius 2 is 1.90 bits per heavy atom. The number of nitrogens with one attached hydrogen (secondary N) is 1. The van der Waals surface area contributed by atoms with Crippen LogP contribution in [0.25, 0.3) is 6.08 Å². The topological polar surface area (TPSA) is 50.8 Å². The molecule has 2 aromatic carbocycles. The van der Waals surface area contributed by atoms with E-state index >= 15 is 0 Å². The molecule has 0 spiro atoms. The molecule has 2 aliphatic rings. The summed E-state index contributed by atoms with van der Waals surface area (Å²) in [5, 5.41) is 3.26. The monoisotopic (exact) mass is 406 g/mol. The van der Waals surface area contributed by atoms with Crippen LogP contribution in [-0.4, -0.2) is 31.3 Å². The van der Waals surface area contributed by atoms with Crippen molar-refractivity contribution in [3.05, 3.63) is 59.7 Å². The van der Waals surface area contributed by atoms with Crippen molar-refractivity contribution in [1.29, 1.82) is 0 Å². The smallest absolute Gasteiger partial charge is 0.241 e. The fourth-order valence-corrected chi connectivity index (χ4v) is 4.58. The lowest BCUT2D eigenvalue weighted by molar-refractivity contribution is -0.118. The normalized spacial score (nSPS) is 21.5. The Morgan fingerprint density at radius 3 is 2.67 bits per heavy atom. The molecule has 2 heterocycles.